The fourth-order valence-electron chi connectivity index (χ4n) is 3.43. The van der Waals surface area contributed by atoms with Gasteiger partial charge in [-0.1, -0.05) is 72.8 Å². The van der Waals surface area contributed by atoms with E-state index in [1.165, 1.54) is 36.3 Å². The van der Waals surface area contributed by atoms with Crippen molar-refractivity contribution < 1.29 is 46.3 Å². The van der Waals surface area contributed by atoms with Crippen molar-refractivity contribution in [1.29, 1.82) is 0 Å². The minimum Gasteiger partial charge on any atom is -0.870 e. The van der Waals surface area contributed by atoms with Crippen molar-refractivity contribution in [3.8, 4) is 0 Å². The van der Waals surface area contributed by atoms with Crippen molar-refractivity contribution in [2.24, 2.45) is 0 Å². The van der Waals surface area contributed by atoms with Gasteiger partial charge in [0.05, 0.1) is 0 Å². The Balaban J connectivity index is 0.000000683. The molecule has 0 amide bonds. The molecule has 1 fully saturated rings. The van der Waals surface area contributed by atoms with Crippen LogP contribution in [0.4, 0.5) is 0 Å². The number of nitrogens with zero attached hydrogens (tertiary/aromatic N) is 8. The van der Waals surface area contributed by atoms with Crippen molar-refractivity contribution >= 4 is 5.78 Å². The van der Waals surface area contributed by atoms with E-state index in [1.54, 1.807) is 73.3 Å². The first-order chi connectivity index (χ1) is 21.0. The third-order valence-corrected chi connectivity index (χ3v) is 5.46. The Labute approximate surface area is 275 Å². The topological polar surface area (TPSA) is 224 Å². The molecule has 2 N–H and O–H groups in total. The number of rotatable bonds is 4. The summed E-state index contributed by atoms with van der Waals surface area (Å²) in [4.78, 5) is 21.5. The monoisotopic (exact) mass is 791 g/mol. The van der Waals surface area contributed by atoms with Gasteiger partial charge in [-0.15, -0.1) is 0 Å². The zero-order valence-corrected chi connectivity index (χ0v) is 26.4. The molecule has 4 heterocycles. The van der Waals surface area contributed by atoms with Crippen LogP contribution in [-0.4, -0.2) is 49.9 Å². The molecule has 3 aromatic heterocycles. The maximum absolute atomic E-state index is 12.6. The predicted molar refractivity (Wildman–Crippen MR) is 160 cm³/mol. The molecular weight excluding hydrogens is 759 g/mol. The van der Waals surface area contributed by atoms with Crippen LogP contribution < -0.4 is 10.2 Å². The number of ketones is 1. The minimum absolute atomic E-state index is 0. The van der Waals surface area contributed by atoms with Gasteiger partial charge in [0.25, 0.3) is 0 Å². The first-order valence-electron chi connectivity index (χ1n) is 13.2. The number of hydrogen-bond acceptors (Lipinski definition) is 9. The quantitative estimate of drug-likeness (QED) is 0.0895. The fraction of sp³-hybridized carbons (Fsp3) is 0.194. The molecule has 1 aliphatic heterocycles. The van der Waals surface area contributed by atoms with Gasteiger partial charge in [-0.2, -0.15) is 0 Å². The van der Waals surface area contributed by atoms with Crippen LogP contribution in [-0.2, 0) is 31.6 Å². The number of hydrogen-bond donors (Lipinski definition) is 1. The molecule has 13 nitrogen and oxygen atoms in total. The molecule has 236 valence electrons. The normalized spacial score (nSPS) is 12.1. The van der Waals surface area contributed by atoms with E-state index in [1.807, 2.05) is 36.4 Å². The van der Waals surface area contributed by atoms with Gasteiger partial charge in [0.2, 0.25) is 0 Å². The van der Waals surface area contributed by atoms with E-state index in [-0.39, 0.29) is 37.8 Å². The van der Waals surface area contributed by atoms with E-state index in [0.29, 0.717) is 5.56 Å². The van der Waals surface area contributed by atoms with Crippen molar-refractivity contribution in [2.75, 3.05) is 13.2 Å². The van der Waals surface area contributed by atoms with Crippen LogP contribution in [0.5, 0.6) is 0 Å². The van der Waals surface area contributed by atoms with Crippen LogP contribution in [0.25, 0.3) is 16.0 Å². The molecule has 1 saturated heterocycles. The second-order valence-electron chi connectivity index (χ2n) is 8.50. The molecule has 1 aliphatic rings. The Kier molecular flexibility index (Phi) is 22.2. The number of carbonyl (C=O) groups is 1. The van der Waals surface area contributed by atoms with Gasteiger partial charge in [-0.05, 0) is 54.8 Å². The van der Waals surface area contributed by atoms with Crippen LogP contribution in [0.1, 0.15) is 46.6 Å². The molecule has 14 heteroatoms. The maximum Gasteiger partial charge on any atom is 4.00 e. The number of aromatic nitrogens is 5. The molecule has 0 saturated carbocycles. The average molecular weight is 792 g/mol. The molecule has 0 spiro atoms. The summed E-state index contributed by atoms with van der Waals surface area (Å²) in [5.41, 5.74) is 13.3. The summed E-state index contributed by atoms with van der Waals surface area (Å²) in [6, 6.07) is 27.6. The fourth-order valence-corrected chi connectivity index (χ4v) is 3.43. The first kappa shape index (κ1) is 40.4. The Bertz CT molecular complexity index is 1340. The van der Waals surface area contributed by atoms with E-state index < -0.39 is 17.3 Å². The smallest absolute Gasteiger partial charge is 0.870 e. The first-order valence-corrected chi connectivity index (χ1v) is 13.2. The molecule has 2 aromatic carbocycles. The van der Waals surface area contributed by atoms with Gasteiger partial charge in [-0.25, -0.2) is 0 Å². The van der Waals surface area contributed by atoms with Crippen molar-refractivity contribution in [2.45, 2.75) is 25.0 Å². The molecule has 0 aliphatic carbocycles. The van der Waals surface area contributed by atoms with Crippen LogP contribution in [0.15, 0.2) is 122 Å². The van der Waals surface area contributed by atoms with E-state index >= 15 is 0 Å². The second kappa shape index (κ2) is 24.8. The largest absolute Gasteiger partial charge is 4.00 e. The van der Waals surface area contributed by atoms with Crippen molar-refractivity contribution in [3.05, 3.63) is 160 Å². The predicted octanol–water partition coefficient (Wildman–Crippen LogP) is 4.26. The number of pyridine rings is 2. The Hall–Kier alpha value is -4.61. The van der Waals surface area contributed by atoms with Crippen LogP contribution in [0, 0.1) is 0 Å². The molecule has 45 heavy (non-hydrogen) atoms. The molecule has 0 unspecified atom stereocenters. The van der Waals surface area contributed by atoms with Crippen LogP contribution in [0.3, 0.4) is 0 Å². The van der Waals surface area contributed by atoms with Gasteiger partial charge < -0.3 is 41.7 Å². The average Bonchev–Trinajstić information content (AvgIpc) is 3.60. The summed E-state index contributed by atoms with van der Waals surface area (Å²) in [5.74, 6) is -3.20. The molecule has 1 atom stereocenters. The second-order valence-corrected chi connectivity index (χ2v) is 8.50. The maximum atomic E-state index is 12.6. The van der Waals surface area contributed by atoms with Gasteiger partial charge in [0.15, 0.2) is 5.78 Å². The number of ether oxygens (including phenoxy) is 1. The molecule has 6 rings (SSSR count). The molecule has 0 radical (unpaired) electrons. The standard InChI is InChI=1S/C16H12N3O3.2C5H5N.C5H10O.N3.H2O.Pt/c20-14(11-7-3-1-4-8-11)13-15(18-19-17-13)16(21,22)12-9-5-2-6-10-12;3*1-2-4-6-5-3-1;1-3-2;;/h1-10,21H,(H,17,18,19,20);2*1-5H;1-5H2;;1H2;/q-1;;;;-1;;+4/p-2/t16-;;;;;;/m1....../s1. The summed E-state index contributed by atoms with van der Waals surface area (Å²) in [6.45, 7) is 2.00. The molecular formula is C31H32N8O5Pt. The van der Waals surface area contributed by atoms with Crippen molar-refractivity contribution in [1.82, 2.24) is 25.4 Å². The minimum atomic E-state index is -2.69. The van der Waals surface area contributed by atoms with E-state index in [2.05, 4.69) is 25.4 Å². The third-order valence-electron chi connectivity index (χ3n) is 5.46. The van der Waals surface area contributed by atoms with Gasteiger partial charge in [0.1, 0.15) is 0 Å². The summed E-state index contributed by atoms with van der Waals surface area (Å²) in [7, 11) is 0. The summed E-state index contributed by atoms with van der Waals surface area (Å²) >= 11 is 0. The van der Waals surface area contributed by atoms with Gasteiger partial charge >= 0.3 is 21.1 Å². The summed E-state index contributed by atoms with van der Waals surface area (Å²) in [5, 5.41) is 33.4. The summed E-state index contributed by atoms with van der Waals surface area (Å²) < 4.78 is 5.07. The van der Waals surface area contributed by atoms with Crippen LogP contribution in [0.2, 0.25) is 0 Å². The Morgan fingerprint density at radius 3 is 1.60 bits per heavy atom. The SMILES string of the molecule is C1CCOCC1.O=C(c1ccccc1)c1nn[n-]c1[C@@]([O-])(O)c1ccccc1.[N-]=[N+]=[N-].[OH-].[Pt+4].c1ccncc1.c1ccncc1. The van der Waals surface area contributed by atoms with Gasteiger partial charge in [0, 0.05) is 55.0 Å². The molecule has 0 bridgehead atoms. The van der Waals surface area contributed by atoms with Gasteiger partial charge in [-0.3, -0.25) is 24.9 Å². The summed E-state index contributed by atoms with van der Waals surface area (Å²) in [6.07, 6.45) is 10.9. The number of aliphatic hydroxyl groups is 1. The Morgan fingerprint density at radius 2 is 1.24 bits per heavy atom. The number of carbonyl (C=O) groups excluding carboxylic acids is 1. The molecule has 5 aromatic rings. The van der Waals surface area contributed by atoms with Crippen molar-refractivity contribution in [3.63, 3.8) is 0 Å². The zero-order chi connectivity index (χ0) is 31.0. The van der Waals surface area contributed by atoms with E-state index in [9.17, 15) is 15.0 Å². The van der Waals surface area contributed by atoms with E-state index in [0.717, 1.165) is 13.2 Å². The number of benzene rings is 2. The third kappa shape index (κ3) is 15.6. The Morgan fingerprint density at radius 1 is 0.800 bits per heavy atom. The zero-order valence-electron chi connectivity index (χ0n) is 24.1. The van der Waals surface area contributed by atoms with Crippen LogP contribution >= 0.6 is 0 Å². The van der Waals surface area contributed by atoms with E-state index in [4.69, 9.17) is 15.8 Å².